The standard InChI is InChI=1S/C15H17N5O2/c1-4-5-11-17-9(2)13-14(16-8-21)18-10-6-7-12(22-3)19-15(10)20(11)13/h6-8H,4-5H2,1-3H3,(H,16,18,21). The van der Waals surface area contributed by atoms with Gasteiger partial charge in [-0.05, 0) is 19.4 Å². The zero-order valence-electron chi connectivity index (χ0n) is 12.8. The fourth-order valence-electron chi connectivity index (χ4n) is 2.60. The lowest BCUT2D eigenvalue weighted by molar-refractivity contribution is -0.105. The molecule has 0 fully saturated rings. The van der Waals surface area contributed by atoms with Crippen LogP contribution in [0.3, 0.4) is 0 Å². The molecular weight excluding hydrogens is 282 g/mol. The Morgan fingerprint density at radius 3 is 2.82 bits per heavy atom. The van der Waals surface area contributed by atoms with E-state index in [0.29, 0.717) is 29.3 Å². The van der Waals surface area contributed by atoms with Gasteiger partial charge in [0.25, 0.3) is 0 Å². The summed E-state index contributed by atoms with van der Waals surface area (Å²) in [5.74, 6) is 1.90. The quantitative estimate of drug-likeness (QED) is 0.730. The first-order valence-electron chi connectivity index (χ1n) is 7.12. The Morgan fingerprint density at radius 1 is 1.32 bits per heavy atom. The van der Waals surface area contributed by atoms with Crippen molar-refractivity contribution < 1.29 is 9.53 Å². The van der Waals surface area contributed by atoms with Gasteiger partial charge >= 0.3 is 0 Å². The van der Waals surface area contributed by atoms with Crippen molar-refractivity contribution in [2.24, 2.45) is 0 Å². The van der Waals surface area contributed by atoms with E-state index in [4.69, 9.17) is 4.74 Å². The molecule has 0 unspecified atom stereocenters. The molecule has 114 valence electrons. The second-order valence-corrected chi connectivity index (χ2v) is 4.97. The van der Waals surface area contributed by atoms with E-state index < -0.39 is 0 Å². The third kappa shape index (κ3) is 2.14. The summed E-state index contributed by atoms with van der Waals surface area (Å²) in [5.41, 5.74) is 2.93. The molecule has 0 aliphatic heterocycles. The number of aromatic nitrogens is 4. The molecule has 7 heteroatoms. The van der Waals surface area contributed by atoms with Crippen LogP contribution in [0, 0.1) is 6.92 Å². The average molecular weight is 299 g/mol. The van der Waals surface area contributed by atoms with Crippen LogP contribution in [0.15, 0.2) is 12.1 Å². The van der Waals surface area contributed by atoms with Crippen LogP contribution < -0.4 is 10.1 Å². The van der Waals surface area contributed by atoms with Crippen LogP contribution in [0.1, 0.15) is 24.9 Å². The smallest absolute Gasteiger partial charge is 0.215 e. The highest BCUT2D eigenvalue weighted by molar-refractivity contribution is 5.88. The average Bonchev–Trinajstić information content (AvgIpc) is 2.85. The lowest BCUT2D eigenvalue weighted by Crippen LogP contribution is -2.05. The molecule has 0 spiro atoms. The van der Waals surface area contributed by atoms with E-state index in [-0.39, 0.29) is 0 Å². The van der Waals surface area contributed by atoms with Gasteiger partial charge in [-0.1, -0.05) is 6.92 Å². The van der Waals surface area contributed by atoms with Crippen LogP contribution >= 0.6 is 0 Å². The van der Waals surface area contributed by atoms with E-state index in [2.05, 4.69) is 27.2 Å². The zero-order valence-corrected chi connectivity index (χ0v) is 12.8. The van der Waals surface area contributed by atoms with Crippen LogP contribution in [0.2, 0.25) is 0 Å². The molecular formula is C15H17N5O2. The van der Waals surface area contributed by atoms with Crippen molar-refractivity contribution in [3.63, 3.8) is 0 Å². The first-order chi connectivity index (χ1) is 10.7. The van der Waals surface area contributed by atoms with Crippen molar-refractivity contribution in [1.82, 2.24) is 19.4 Å². The van der Waals surface area contributed by atoms with Crippen LogP contribution in [0.5, 0.6) is 5.88 Å². The van der Waals surface area contributed by atoms with Crippen molar-refractivity contribution in [1.29, 1.82) is 0 Å². The number of amides is 1. The van der Waals surface area contributed by atoms with Gasteiger partial charge < -0.3 is 10.1 Å². The highest BCUT2D eigenvalue weighted by atomic mass is 16.5. The van der Waals surface area contributed by atoms with Crippen LogP contribution in [0.25, 0.3) is 16.7 Å². The lowest BCUT2D eigenvalue weighted by Gasteiger charge is -2.09. The number of hydrogen-bond donors (Lipinski definition) is 1. The van der Waals surface area contributed by atoms with Gasteiger partial charge in [0, 0.05) is 12.5 Å². The molecule has 7 nitrogen and oxygen atoms in total. The second kappa shape index (κ2) is 5.59. The first kappa shape index (κ1) is 14.2. The summed E-state index contributed by atoms with van der Waals surface area (Å²) in [6.07, 6.45) is 2.40. The molecule has 1 N–H and O–H groups in total. The van der Waals surface area contributed by atoms with E-state index in [9.17, 15) is 4.79 Å². The number of pyridine rings is 1. The van der Waals surface area contributed by atoms with Gasteiger partial charge in [-0.25, -0.2) is 9.97 Å². The summed E-state index contributed by atoms with van der Waals surface area (Å²) in [6.45, 7) is 4.00. The minimum atomic E-state index is 0.488. The maximum absolute atomic E-state index is 10.9. The van der Waals surface area contributed by atoms with E-state index in [1.807, 2.05) is 17.4 Å². The third-order valence-corrected chi connectivity index (χ3v) is 3.50. The number of imidazole rings is 1. The summed E-state index contributed by atoms with van der Waals surface area (Å²) in [5, 5.41) is 2.66. The molecule has 0 aromatic carbocycles. The number of nitrogens with zero attached hydrogens (tertiary/aromatic N) is 4. The van der Waals surface area contributed by atoms with Crippen molar-refractivity contribution >= 4 is 28.9 Å². The second-order valence-electron chi connectivity index (χ2n) is 4.97. The lowest BCUT2D eigenvalue weighted by atomic mass is 10.3. The molecule has 3 rings (SSSR count). The van der Waals surface area contributed by atoms with E-state index in [0.717, 1.165) is 29.9 Å². The van der Waals surface area contributed by atoms with Crippen LogP contribution in [-0.4, -0.2) is 32.9 Å². The largest absolute Gasteiger partial charge is 0.481 e. The van der Waals surface area contributed by atoms with E-state index >= 15 is 0 Å². The summed E-state index contributed by atoms with van der Waals surface area (Å²) in [6, 6.07) is 3.57. The Hall–Kier alpha value is -2.70. The number of aryl methyl sites for hydroxylation is 2. The Labute approximate surface area is 127 Å². The Bertz CT molecular complexity index is 856. The highest BCUT2D eigenvalue weighted by Gasteiger charge is 2.17. The monoisotopic (exact) mass is 299 g/mol. The molecule has 1 amide bonds. The van der Waals surface area contributed by atoms with Gasteiger partial charge in [0.15, 0.2) is 11.5 Å². The minimum Gasteiger partial charge on any atom is -0.481 e. The molecule has 3 aromatic heterocycles. The number of hydrogen-bond acceptors (Lipinski definition) is 5. The number of anilines is 1. The van der Waals surface area contributed by atoms with Gasteiger partial charge in [0.05, 0.1) is 12.8 Å². The predicted molar refractivity (Wildman–Crippen MR) is 83.3 cm³/mol. The number of carbonyl (C=O) groups is 1. The summed E-state index contributed by atoms with van der Waals surface area (Å²) < 4.78 is 7.17. The number of ether oxygens (including phenoxy) is 1. The maximum Gasteiger partial charge on any atom is 0.215 e. The number of fused-ring (bicyclic) bond motifs is 3. The Balaban J connectivity index is 2.45. The van der Waals surface area contributed by atoms with E-state index in [1.165, 1.54) is 0 Å². The van der Waals surface area contributed by atoms with Crippen molar-refractivity contribution in [3.8, 4) is 5.88 Å². The van der Waals surface area contributed by atoms with E-state index in [1.54, 1.807) is 13.2 Å². The first-order valence-corrected chi connectivity index (χ1v) is 7.12. The number of nitrogens with one attached hydrogen (secondary N) is 1. The Morgan fingerprint density at radius 2 is 2.14 bits per heavy atom. The number of carbonyl (C=O) groups excluding carboxylic acids is 1. The SMILES string of the molecule is CCCc1nc(C)c2c(NC=O)nc3ccc(OC)nc3n12. The molecule has 3 heterocycles. The number of methoxy groups -OCH3 is 1. The molecule has 0 bridgehead atoms. The topological polar surface area (TPSA) is 81.4 Å². The molecule has 0 saturated heterocycles. The molecule has 0 saturated carbocycles. The molecule has 0 aliphatic rings. The van der Waals surface area contributed by atoms with Gasteiger partial charge in [-0.2, -0.15) is 4.98 Å². The summed E-state index contributed by atoms with van der Waals surface area (Å²) >= 11 is 0. The normalized spacial score (nSPS) is 11.0. The maximum atomic E-state index is 10.9. The third-order valence-electron chi connectivity index (χ3n) is 3.50. The van der Waals surface area contributed by atoms with Gasteiger partial charge in [-0.3, -0.25) is 9.20 Å². The van der Waals surface area contributed by atoms with Gasteiger partial charge in [0.1, 0.15) is 16.9 Å². The fourth-order valence-corrected chi connectivity index (χ4v) is 2.60. The van der Waals surface area contributed by atoms with Gasteiger partial charge in [0.2, 0.25) is 12.3 Å². The zero-order chi connectivity index (χ0) is 15.7. The van der Waals surface area contributed by atoms with Crippen molar-refractivity contribution in [2.45, 2.75) is 26.7 Å². The molecule has 22 heavy (non-hydrogen) atoms. The Kier molecular flexibility index (Phi) is 3.62. The van der Waals surface area contributed by atoms with Crippen molar-refractivity contribution in [2.75, 3.05) is 12.4 Å². The highest BCUT2D eigenvalue weighted by Crippen LogP contribution is 2.26. The fraction of sp³-hybridized carbons (Fsp3) is 0.333. The predicted octanol–water partition coefficient (Wildman–Crippen LogP) is 2.12. The van der Waals surface area contributed by atoms with Gasteiger partial charge in [-0.15, -0.1) is 0 Å². The summed E-state index contributed by atoms with van der Waals surface area (Å²) in [4.78, 5) is 24.5. The molecule has 0 aliphatic carbocycles. The molecule has 0 atom stereocenters. The molecule has 0 radical (unpaired) electrons. The number of rotatable bonds is 5. The minimum absolute atomic E-state index is 0.488. The van der Waals surface area contributed by atoms with Crippen LogP contribution in [-0.2, 0) is 11.2 Å². The summed E-state index contributed by atoms with van der Waals surface area (Å²) in [7, 11) is 1.58. The van der Waals surface area contributed by atoms with Crippen molar-refractivity contribution in [3.05, 3.63) is 23.7 Å². The van der Waals surface area contributed by atoms with Crippen LogP contribution in [0.4, 0.5) is 5.82 Å². The molecule has 3 aromatic rings.